The number of carbonyl (C=O) groups is 2. The van der Waals surface area contributed by atoms with Gasteiger partial charge in [0.1, 0.15) is 12.6 Å². The summed E-state index contributed by atoms with van der Waals surface area (Å²) in [4.78, 5) is 29.1. The van der Waals surface area contributed by atoms with Gasteiger partial charge in [0.25, 0.3) is 0 Å². The monoisotopic (exact) mass is 410 g/mol. The number of hydrogen-bond donors (Lipinski definition) is 1. The van der Waals surface area contributed by atoms with Crippen molar-refractivity contribution < 1.29 is 19.4 Å². The number of rotatable bonds is 7. The van der Waals surface area contributed by atoms with Crippen LogP contribution in [0, 0.1) is 0 Å². The van der Waals surface area contributed by atoms with Crippen molar-refractivity contribution in [1.82, 2.24) is 9.80 Å². The van der Waals surface area contributed by atoms with Crippen LogP contribution >= 0.6 is 0 Å². The van der Waals surface area contributed by atoms with Gasteiger partial charge in [0.05, 0.1) is 18.7 Å². The maximum absolute atomic E-state index is 13.3. The highest BCUT2D eigenvalue weighted by atomic mass is 16.6. The molecule has 3 rings (SSSR count). The number of hydrogen-bond acceptors (Lipinski definition) is 4. The number of likely N-dealkylation sites (N-methyl/N-ethyl adjacent to an activating group) is 1. The van der Waals surface area contributed by atoms with Crippen LogP contribution in [0.15, 0.2) is 60.7 Å². The van der Waals surface area contributed by atoms with Crippen molar-refractivity contribution in [2.24, 2.45) is 0 Å². The maximum atomic E-state index is 13.3. The molecule has 2 amide bonds. The molecule has 1 N–H and O–H groups in total. The van der Waals surface area contributed by atoms with E-state index in [0.717, 1.165) is 24.0 Å². The predicted octanol–water partition coefficient (Wildman–Crippen LogP) is 3.76. The Hall–Kier alpha value is -2.86. The van der Waals surface area contributed by atoms with Gasteiger partial charge in [-0.3, -0.25) is 9.69 Å². The average molecular weight is 411 g/mol. The molecule has 1 heterocycles. The third-order valence-electron chi connectivity index (χ3n) is 5.57. The lowest BCUT2D eigenvalue weighted by atomic mass is 10.00. The van der Waals surface area contributed by atoms with E-state index in [2.05, 4.69) is 6.92 Å². The number of aliphatic hydroxyl groups is 1. The van der Waals surface area contributed by atoms with Crippen LogP contribution in [0.3, 0.4) is 0 Å². The van der Waals surface area contributed by atoms with Crippen molar-refractivity contribution in [3.8, 4) is 0 Å². The van der Waals surface area contributed by atoms with Crippen LogP contribution in [0.2, 0.25) is 0 Å². The summed E-state index contributed by atoms with van der Waals surface area (Å²) in [6, 6.07) is 18.5. The fraction of sp³-hybridized carbons (Fsp3) is 0.417. The summed E-state index contributed by atoms with van der Waals surface area (Å²) in [6.45, 7) is 2.31. The molecule has 30 heavy (non-hydrogen) atoms. The molecule has 0 spiro atoms. The average Bonchev–Trinajstić information content (AvgIpc) is 3.18. The summed E-state index contributed by atoms with van der Waals surface area (Å²) < 4.78 is 5.42. The zero-order chi connectivity index (χ0) is 21.5. The molecule has 0 aromatic heterocycles. The minimum atomic E-state index is -0.738. The first-order valence-electron chi connectivity index (χ1n) is 10.5. The molecule has 2 aromatic carbocycles. The van der Waals surface area contributed by atoms with Crippen LogP contribution in [0.5, 0.6) is 0 Å². The van der Waals surface area contributed by atoms with Crippen molar-refractivity contribution in [3.63, 3.8) is 0 Å². The molecule has 0 saturated carbocycles. The first-order chi connectivity index (χ1) is 14.5. The Morgan fingerprint density at radius 3 is 2.40 bits per heavy atom. The van der Waals surface area contributed by atoms with Crippen LogP contribution in [-0.2, 0) is 16.1 Å². The van der Waals surface area contributed by atoms with Gasteiger partial charge in [0.15, 0.2) is 0 Å². The molecule has 160 valence electrons. The van der Waals surface area contributed by atoms with Crippen molar-refractivity contribution in [1.29, 1.82) is 0 Å². The lowest BCUT2D eigenvalue weighted by molar-refractivity contribution is -0.136. The molecule has 0 aliphatic carbocycles. The molecule has 6 nitrogen and oxygen atoms in total. The highest BCUT2D eigenvalue weighted by Crippen LogP contribution is 2.28. The molecule has 1 aliphatic rings. The minimum Gasteiger partial charge on any atom is -0.445 e. The third-order valence-corrected chi connectivity index (χ3v) is 5.57. The van der Waals surface area contributed by atoms with Crippen molar-refractivity contribution >= 4 is 12.0 Å². The van der Waals surface area contributed by atoms with E-state index in [1.54, 1.807) is 11.9 Å². The van der Waals surface area contributed by atoms with Crippen molar-refractivity contribution in [3.05, 3.63) is 71.8 Å². The van der Waals surface area contributed by atoms with E-state index in [4.69, 9.17) is 4.74 Å². The molecular formula is C24H30N2O4. The molecule has 1 fully saturated rings. The summed E-state index contributed by atoms with van der Waals surface area (Å²) in [5, 5.41) is 10.2. The Kier molecular flexibility index (Phi) is 7.46. The van der Waals surface area contributed by atoms with Gasteiger partial charge in [-0.1, -0.05) is 74.0 Å². The zero-order valence-electron chi connectivity index (χ0n) is 17.6. The summed E-state index contributed by atoms with van der Waals surface area (Å²) in [5.41, 5.74) is 1.93. The van der Waals surface area contributed by atoms with E-state index in [9.17, 15) is 14.7 Å². The molecule has 2 aromatic rings. The molecule has 1 aliphatic heterocycles. The Labute approximate surface area is 178 Å². The number of β-amino-alcohol motifs (C(OH)–C–C–N with tert-alkyl or cyclic N) is 1. The quantitative estimate of drug-likeness (QED) is 0.755. The number of carbonyl (C=O) groups excluding carboxylic acids is 2. The lowest BCUT2D eigenvalue weighted by Gasteiger charge is -2.33. The van der Waals surface area contributed by atoms with Crippen molar-refractivity contribution in [2.75, 3.05) is 13.6 Å². The topological polar surface area (TPSA) is 70.1 Å². The number of likely N-dealkylation sites (tertiary alicyclic amines) is 1. The Morgan fingerprint density at radius 1 is 1.13 bits per heavy atom. The van der Waals surface area contributed by atoms with Crippen LogP contribution < -0.4 is 0 Å². The van der Waals surface area contributed by atoms with E-state index in [0.29, 0.717) is 0 Å². The van der Waals surface area contributed by atoms with Crippen LogP contribution in [-0.4, -0.2) is 52.6 Å². The Balaban J connectivity index is 1.71. The minimum absolute atomic E-state index is 0.0800. The fourth-order valence-corrected chi connectivity index (χ4v) is 3.97. The second-order valence-electron chi connectivity index (χ2n) is 7.76. The first kappa shape index (κ1) is 21.8. The van der Waals surface area contributed by atoms with Gasteiger partial charge >= 0.3 is 6.09 Å². The second-order valence-corrected chi connectivity index (χ2v) is 7.76. The van der Waals surface area contributed by atoms with Gasteiger partial charge in [0, 0.05) is 13.5 Å². The third kappa shape index (κ3) is 5.19. The lowest BCUT2D eigenvalue weighted by Crippen LogP contribution is -2.47. The Bertz CT molecular complexity index is 828. The summed E-state index contributed by atoms with van der Waals surface area (Å²) in [5.74, 6) is -0.175. The van der Waals surface area contributed by atoms with E-state index < -0.39 is 18.2 Å². The van der Waals surface area contributed by atoms with Crippen molar-refractivity contribution in [2.45, 2.75) is 51.0 Å². The predicted molar refractivity (Wildman–Crippen MR) is 115 cm³/mol. The number of nitrogens with zero attached hydrogens (tertiary/aromatic N) is 2. The Morgan fingerprint density at radius 2 is 1.77 bits per heavy atom. The number of amides is 2. The highest BCUT2D eigenvalue weighted by Gasteiger charge is 2.42. The number of ether oxygens (including phenoxy) is 1. The number of aliphatic hydroxyl groups excluding tert-OH is 1. The summed E-state index contributed by atoms with van der Waals surface area (Å²) >= 11 is 0. The number of benzene rings is 2. The van der Waals surface area contributed by atoms with E-state index in [1.807, 2.05) is 60.7 Å². The van der Waals surface area contributed by atoms with Gasteiger partial charge in [-0.15, -0.1) is 0 Å². The van der Waals surface area contributed by atoms with Gasteiger partial charge in [-0.25, -0.2) is 4.79 Å². The fourth-order valence-electron chi connectivity index (χ4n) is 3.97. The molecule has 3 atom stereocenters. The van der Waals surface area contributed by atoms with Crippen LogP contribution in [0.25, 0.3) is 0 Å². The normalized spacial score (nSPS) is 19.4. The second kappa shape index (κ2) is 10.3. The van der Waals surface area contributed by atoms with Gasteiger partial charge in [0.2, 0.25) is 5.91 Å². The first-order valence-corrected chi connectivity index (χ1v) is 10.5. The van der Waals surface area contributed by atoms with Gasteiger partial charge in [-0.2, -0.15) is 0 Å². The van der Waals surface area contributed by atoms with Crippen LogP contribution in [0.4, 0.5) is 4.79 Å². The van der Waals surface area contributed by atoms with Gasteiger partial charge < -0.3 is 14.7 Å². The van der Waals surface area contributed by atoms with E-state index >= 15 is 0 Å². The summed E-state index contributed by atoms with van der Waals surface area (Å²) in [7, 11) is 1.77. The van der Waals surface area contributed by atoms with Crippen LogP contribution in [0.1, 0.15) is 43.4 Å². The molecule has 0 bridgehead atoms. The molecule has 2 unspecified atom stereocenters. The van der Waals surface area contributed by atoms with Gasteiger partial charge in [-0.05, 0) is 17.5 Å². The molecule has 1 saturated heterocycles. The van der Waals surface area contributed by atoms with E-state index in [1.165, 1.54) is 4.90 Å². The SMILES string of the molecule is CCCC(c1ccccc1)N(C)C(=O)[C@@H]1CC(O)CN1C(=O)OCc1ccccc1. The largest absolute Gasteiger partial charge is 0.445 e. The maximum Gasteiger partial charge on any atom is 0.410 e. The molecule has 0 radical (unpaired) electrons. The smallest absolute Gasteiger partial charge is 0.410 e. The molecule has 6 heteroatoms. The summed E-state index contributed by atoms with van der Waals surface area (Å²) in [6.07, 6.45) is 0.650. The highest BCUT2D eigenvalue weighted by molar-refractivity contribution is 5.86. The standard InChI is InChI=1S/C24H30N2O4/c1-3-10-21(19-13-8-5-9-14-19)25(2)23(28)22-15-20(27)16-26(22)24(29)30-17-18-11-6-4-7-12-18/h4-9,11-14,20-22,27H,3,10,15-17H2,1-2H3/t20?,21?,22-/m0/s1. The molecular weight excluding hydrogens is 380 g/mol. The van der Waals surface area contributed by atoms with E-state index in [-0.39, 0.29) is 31.5 Å². The zero-order valence-corrected chi connectivity index (χ0v) is 17.6.